The summed E-state index contributed by atoms with van der Waals surface area (Å²) < 4.78 is 44.1. The van der Waals surface area contributed by atoms with E-state index < -0.39 is 23.1 Å². The van der Waals surface area contributed by atoms with Gasteiger partial charge in [-0.1, -0.05) is 6.92 Å². The van der Waals surface area contributed by atoms with Crippen molar-refractivity contribution in [2.45, 2.75) is 58.5 Å². The van der Waals surface area contributed by atoms with Gasteiger partial charge < -0.3 is 10.6 Å². The molecule has 0 spiro atoms. The van der Waals surface area contributed by atoms with Crippen molar-refractivity contribution >= 4 is 28.7 Å². The maximum Gasteiger partial charge on any atom is 0.224 e. The Hall–Kier alpha value is -2.84. The van der Waals surface area contributed by atoms with E-state index in [1.165, 1.54) is 0 Å². The van der Waals surface area contributed by atoms with Gasteiger partial charge in [0.05, 0.1) is 6.20 Å². The summed E-state index contributed by atoms with van der Waals surface area (Å²) in [4.78, 5) is 13.4. The molecule has 160 valence electrons. The van der Waals surface area contributed by atoms with Crippen molar-refractivity contribution in [3.8, 4) is 0 Å². The minimum Gasteiger partial charge on any atom is -0.352 e. The molecule has 6 nitrogen and oxygen atoms in total. The van der Waals surface area contributed by atoms with Crippen LogP contribution in [0.2, 0.25) is 0 Å². The molecular formula is C21H25F3N6. The van der Waals surface area contributed by atoms with Crippen molar-refractivity contribution in [3.05, 3.63) is 35.8 Å². The first kappa shape index (κ1) is 20.4. The van der Waals surface area contributed by atoms with Crippen LogP contribution >= 0.6 is 0 Å². The third-order valence-corrected chi connectivity index (χ3v) is 5.48. The summed E-state index contributed by atoms with van der Waals surface area (Å²) in [6.45, 7) is 6.18. The van der Waals surface area contributed by atoms with Crippen molar-refractivity contribution in [2.24, 2.45) is 5.92 Å². The molecule has 2 heterocycles. The number of imidazole rings is 1. The zero-order valence-corrected chi connectivity index (χ0v) is 17.2. The molecule has 0 radical (unpaired) electrons. The Bertz CT molecular complexity index is 1060. The lowest BCUT2D eigenvalue weighted by Gasteiger charge is -2.28. The van der Waals surface area contributed by atoms with Crippen LogP contribution in [-0.2, 0) is 0 Å². The first-order chi connectivity index (χ1) is 14.3. The number of rotatable bonds is 5. The van der Waals surface area contributed by atoms with Gasteiger partial charge in [-0.3, -0.25) is 4.57 Å². The average Bonchev–Trinajstić information content (AvgIpc) is 3.06. The summed E-state index contributed by atoms with van der Waals surface area (Å²) in [5.74, 6) is -1.99. The molecule has 0 unspecified atom stereocenters. The number of nitrogens with zero attached hydrogens (tertiary/aromatic N) is 4. The Morgan fingerprint density at radius 1 is 1.03 bits per heavy atom. The maximum absolute atomic E-state index is 14.3. The number of anilines is 3. The predicted octanol–water partition coefficient (Wildman–Crippen LogP) is 5.56. The lowest BCUT2D eigenvalue weighted by molar-refractivity contribution is 0.295. The highest BCUT2D eigenvalue weighted by molar-refractivity contribution is 5.76. The van der Waals surface area contributed by atoms with E-state index in [0.717, 1.165) is 37.8 Å². The minimum atomic E-state index is -1.28. The second-order valence-electron chi connectivity index (χ2n) is 8.26. The van der Waals surface area contributed by atoms with Gasteiger partial charge in [-0.25, -0.2) is 23.1 Å². The van der Waals surface area contributed by atoms with Crippen LogP contribution in [0.25, 0.3) is 11.2 Å². The number of hydrogen-bond acceptors (Lipinski definition) is 5. The fourth-order valence-electron chi connectivity index (χ4n) is 3.91. The molecule has 0 aliphatic heterocycles. The van der Waals surface area contributed by atoms with E-state index in [2.05, 4.69) is 32.5 Å². The molecule has 1 fully saturated rings. The van der Waals surface area contributed by atoms with E-state index in [1.807, 2.05) is 18.4 Å². The van der Waals surface area contributed by atoms with E-state index in [9.17, 15) is 13.2 Å². The highest BCUT2D eigenvalue weighted by Crippen LogP contribution is 2.37. The number of nitrogens with one attached hydrogen (secondary N) is 2. The van der Waals surface area contributed by atoms with E-state index in [1.54, 1.807) is 6.20 Å². The van der Waals surface area contributed by atoms with Crippen molar-refractivity contribution in [1.82, 2.24) is 19.5 Å². The van der Waals surface area contributed by atoms with E-state index >= 15 is 0 Å². The molecule has 1 saturated carbocycles. The van der Waals surface area contributed by atoms with Gasteiger partial charge in [0, 0.05) is 12.1 Å². The SMILES string of the molecule is CC1CCC(n2c(Nc3c(F)ccc(F)c3F)nc3cnc(NC(C)C)nc32)CC1. The Morgan fingerprint density at radius 3 is 2.43 bits per heavy atom. The molecule has 1 aromatic carbocycles. The van der Waals surface area contributed by atoms with Crippen LogP contribution in [0.3, 0.4) is 0 Å². The summed E-state index contributed by atoms with van der Waals surface area (Å²) in [5.41, 5.74) is 0.513. The second kappa shape index (κ2) is 8.12. The van der Waals surface area contributed by atoms with Crippen molar-refractivity contribution in [1.29, 1.82) is 0 Å². The van der Waals surface area contributed by atoms with Crippen LogP contribution in [0, 0.1) is 23.4 Å². The number of aromatic nitrogens is 4. The molecule has 1 aliphatic carbocycles. The molecule has 4 rings (SSSR count). The van der Waals surface area contributed by atoms with Gasteiger partial charge >= 0.3 is 0 Å². The Morgan fingerprint density at radius 2 is 1.73 bits per heavy atom. The van der Waals surface area contributed by atoms with Crippen LogP contribution in [0.15, 0.2) is 18.3 Å². The smallest absolute Gasteiger partial charge is 0.224 e. The quantitative estimate of drug-likeness (QED) is 0.531. The number of benzene rings is 1. The van der Waals surface area contributed by atoms with Crippen molar-refractivity contribution in [3.63, 3.8) is 0 Å². The third-order valence-electron chi connectivity index (χ3n) is 5.48. The van der Waals surface area contributed by atoms with Gasteiger partial charge in [-0.2, -0.15) is 4.98 Å². The molecule has 9 heteroatoms. The van der Waals surface area contributed by atoms with Gasteiger partial charge in [0.1, 0.15) is 17.0 Å². The minimum absolute atomic E-state index is 0.0650. The normalized spacial score (nSPS) is 19.4. The van der Waals surface area contributed by atoms with Crippen molar-refractivity contribution in [2.75, 3.05) is 10.6 Å². The second-order valence-corrected chi connectivity index (χ2v) is 8.26. The zero-order valence-electron chi connectivity index (χ0n) is 17.2. The van der Waals surface area contributed by atoms with Gasteiger partial charge in [0.15, 0.2) is 17.3 Å². The number of hydrogen-bond donors (Lipinski definition) is 2. The standard InChI is InChI=1S/C21H25F3N6/c1-11(2)26-20-25-10-16-19(29-20)30(13-6-4-12(3)5-7-13)21(27-16)28-18-15(23)9-8-14(22)17(18)24/h8-13H,4-7H2,1-3H3,(H,27,28)(H,25,26,29). The van der Waals surface area contributed by atoms with Gasteiger partial charge in [-0.15, -0.1) is 0 Å². The summed E-state index contributed by atoms with van der Waals surface area (Å²) in [7, 11) is 0. The van der Waals surface area contributed by atoms with E-state index in [4.69, 9.17) is 0 Å². The summed E-state index contributed by atoms with van der Waals surface area (Å²) in [6.07, 6.45) is 5.44. The largest absolute Gasteiger partial charge is 0.352 e. The lowest BCUT2D eigenvalue weighted by atomic mass is 9.87. The number of halogens is 3. The van der Waals surface area contributed by atoms with Crippen LogP contribution in [0.1, 0.15) is 52.5 Å². The fraction of sp³-hybridized carbons (Fsp3) is 0.476. The average molecular weight is 418 g/mol. The van der Waals surface area contributed by atoms with E-state index in [0.29, 0.717) is 23.0 Å². The summed E-state index contributed by atoms with van der Waals surface area (Å²) >= 11 is 0. The molecule has 0 bridgehead atoms. The highest BCUT2D eigenvalue weighted by Gasteiger charge is 2.26. The Kier molecular flexibility index (Phi) is 5.53. The lowest BCUT2D eigenvalue weighted by Crippen LogP contribution is -2.19. The Balaban J connectivity index is 1.82. The molecule has 2 aromatic heterocycles. The van der Waals surface area contributed by atoms with Crippen LogP contribution in [-0.4, -0.2) is 25.6 Å². The zero-order chi connectivity index (χ0) is 21.4. The van der Waals surface area contributed by atoms with Crippen molar-refractivity contribution < 1.29 is 13.2 Å². The van der Waals surface area contributed by atoms with Gasteiger partial charge in [-0.05, 0) is 57.6 Å². The van der Waals surface area contributed by atoms with E-state index in [-0.39, 0.29) is 18.0 Å². The maximum atomic E-state index is 14.3. The molecule has 1 aliphatic rings. The molecular weight excluding hydrogens is 393 g/mol. The monoisotopic (exact) mass is 418 g/mol. The molecule has 0 atom stereocenters. The highest BCUT2D eigenvalue weighted by atomic mass is 19.2. The van der Waals surface area contributed by atoms with Crippen LogP contribution < -0.4 is 10.6 Å². The molecule has 0 amide bonds. The van der Waals surface area contributed by atoms with Crippen LogP contribution in [0.4, 0.5) is 30.8 Å². The molecule has 2 N–H and O–H groups in total. The van der Waals surface area contributed by atoms with Gasteiger partial charge in [0.25, 0.3) is 0 Å². The first-order valence-electron chi connectivity index (χ1n) is 10.3. The fourth-order valence-corrected chi connectivity index (χ4v) is 3.91. The summed E-state index contributed by atoms with van der Waals surface area (Å²) in [5, 5.41) is 5.85. The molecule has 30 heavy (non-hydrogen) atoms. The number of fused-ring (bicyclic) bond motifs is 1. The molecule has 3 aromatic rings. The van der Waals surface area contributed by atoms with Crippen LogP contribution in [0.5, 0.6) is 0 Å². The first-order valence-corrected chi connectivity index (χ1v) is 10.3. The Labute approximate surface area is 172 Å². The third kappa shape index (κ3) is 3.93. The summed E-state index contributed by atoms with van der Waals surface area (Å²) in [6, 6.07) is 1.86. The predicted molar refractivity (Wildman–Crippen MR) is 110 cm³/mol. The van der Waals surface area contributed by atoms with Gasteiger partial charge in [0.2, 0.25) is 11.9 Å². The topological polar surface area (TPSA) is 67.7 Å². The molecule has 0 saturated heterocycles.